The van der Waals surface area contributed by atoms with Crippen molar-refractivity contribution in [1.29, 1.82) is 0 Å². The van der Waals surface area contributed by atoms with Crippen LogP contribution in [0.1, 0.15) is 39.3 Å². The smallest absolute Gasteiger partial charge is 0.0948 e. The molecule has 1 aromatic rings. The van der Waals surface area contributed by atoms with Gasteiger partial charge < -0.3 is 9.88 Å². The van der Waals surface area contributed by atoms with E-state index in [1.54, 1.807) is 0 Å². The summed E-state index contributed by atoms with van der Waals surface area (Å²) in [5.41, 5.74) is 1.89. The summed E-state index contributed by atoms with van der Waals surface area (Å²) in [5.74, 6) is 0.870. The first kappa shape index (κ1) is 11.6. The molecule has 3 nitrogen and oxygen atoms in total. The van der Waals surface area contributed by atoms with Crippen molar-refractivity contribution in [2.45, 2.75) is 46.7 Å². The maximum Gasteiger partial charge on any atom is 0.0948 e. The largest absolute Gasteiger partial charge is 0.333 e. The molecule has 1 heterocycles. The lowest BCUT2D eigenvalue weighted by atomic mass is 10.1. The molecule has 16 heavy (non-hydrogen) atoms. The Hall–Kier alpha value is -0.830. The molecule has 1 N–H and O–H groups in total. The van der Waals surface area contributed by atoms with Gasteiger partial charge in [0.15, 0.2) is 0 Å². The third-order valence-electron chi connectivity index (χ3n) is 3.68. The zero-order valence-corrected chi connectivity index (χ0v) is 10.7. The molecule has 1 aliphatic carbocycles. The molecule has 0 amide bonds. The number of rotatable bonds is 6. The second kappa shape index (κ2) is 4.58. The predicted molar refractivity (Wildman–Crippen MR) is 66.1 cm³/mol. The van der Waals surface area contributed by atoms with Crippen molar-refractivity contribution in [2.24, 2.45) is 11.3 Å². The average molecular weight is 221 g/mol. The van der Waals surface area contributed by atoms with E-state index in [4.69, 9.17) is 0 Å². The van der Waals surface area contributed by atoms with Crippen LogP contribution in [0.3, 0.4) is 0 Å². The standard InChI is InChI=1S/C13H23N3/c1-4-5-16-10-15-9-12(16)8-14-7-11-6-13(11,2)3/h9-11,14H,4-8H2,1-3H3. The molecule has 1 aromatic heterocycles. The van der Waals surface area contributed by atoms with E-state index < -0.39 is 0 Å². The summed E-state index contributed by atoms with van der Waals surface area (Å²) in [5, 5.41) is 3.54. The van der Waals surface area contributed by atoms with Gasteiger partial charge in [-0.15, -0.1) is 0 Å². The Bertz CT molecular complexity index is 341. The van der Waals surface area contributed by atoms with E-state index in [9.17, 15) is 0 Å². The molecular formula is C13H23N3. The fourth-order valence-electron chi connectivity index (χ4n) is 2.24. The van der Waals surface area contributed by atoms with Crippen molar-refractivity contribution in [3.05, 3.63) is 18.2 Å². The third kappa shape index (κ3) is 2.64. The van der Waals surface area contributed by atoms with Gasteiger partial charge in [0, 0.05) is 19.3 Å². The highest BCUT2D eigenvalue weighted by Gasteiger charge is 2.44. The SMILES string of the molecule is CCCn1cncc1CNCC1CC1(C)C. The third-order valence-corrected chi connectivity index (χ3v) is 3.68. The monoisotopic (exact) mass is 221 g/mol. The Morgan fingerprint density at radius 3 is 2.94 bits per heavy atom. The molecule has 1 atom stereocenters. The predicted octanol–water partition coefficient (Wildman–Crippen LogP) is 2.43. The summed E-state index contributed by atoms with van der Waals surface area (Å²) in [7, 11) is 0. The van der Waals surface area contributed by atoms with E-state index >= 15 is 0 Å². The van der Waals surface area contributed by atoms with Gasteiger partial charge in [-0.1, -0.05) is 20.8 Å². The molecule has 0 aromatic carbocycles. The van der Waals surface area contributed by atoms with Crippen LogP contribution >= 0.6 is 0 Å². The van der Waals surface area contributed by atoms with E-state index in [1.165, 1.54) is 18.5 Å². The van der Waals surface area contributed by atoms with Crippen LogP contribution in [0.15, 0.2) is 12.5 Å². The Morgan fingerprint density at radius 1 is 1.56 bits per heavy atom. The number of aromatic nitrogens is 2. The van der Waals surface area contributed by atoms with Crippen LogP contribution in [-0.2, 0) is 13.1 Å². The minimum Gasteiger partial charge on any atom is -0.333 e. The maximum atomic E-state index is 4.21. The van der Waals surface area contributed by atoms with Gasteiger partial charge in [0.2, 0.25) is 0 Å². The summed E-state index contributed by atoms with van der Waals surface area (Å²) in [6.45, 7) is 10.1. The lowest BCUT2D eigenvalue weighted by Crippen LogP contribution is -2.20. The Morgan fingerprint density at radius 2 is 2.31 bits per heavy atom. The summed E-state index contributed by atoms with van der Waals surface area (Å²) in [4.78, 5) is 4.21. The summed E-state index contributed by atoms with van der Waals surface area (Å²) in [6, 6.07) is 0. The number of nitrogens with one attached hydrogen (secondary N) is 1. The highest BCUT2D eigenvalue weighted by atomic mass is 15.1. The molecule has 0 bridgehead atoms. The number of hydrogen-bond acceptors (Lipinski definition) is 2. The molecule has 0 saturated heterocycles. The van der Waals surface area contributed by atoms with Crippen molar-refractivity contribution >= 4 is 0 Å². The first-order chi connectivity index (χ1) is 7.63. The molecule has 1 saturated carbocycles. The molecule has 1 unspecified atom stereocenters. The lowest BCUT2D eigenvalue weighted by molar-refractivity contribution is 0.510. The quantitative estimate of drug-likeness (QED) is 0.799. The van der Waals surface area contributed by atoms with Crippen LogP contribution in [0.2, 0.25) is 0 Å². The number of imidazole rings is 1. The van der Waals surface area contributed by atoms with E-state index in [-0.39, 0.29) is 0 Å². The normalized spacial score (nSPS) is 22.3. The summed E-state index contributed by atoms with van der Waals surface area (Å²) >= 11 is 0. The zero-order chi connectivity index (χ0) is 11.6. The lowest BCUT2D eigenvalue weighted by Gasteiger charge is -2.08. The first-order valence-electron chi connectivity index (χ1n) is 6.33. The number of hydrogen-bond donors (Lipinski definition) is 1. The van der Waals surface area contributed by atoms with E-state index in [2.05, 4.69) is 35.6 Å². The van der Waals surface area contributed by atoms with Gasteiger partial charge in [0.25, 0.3) is 0 Å². The Labute approximate surface area is 98.3 Å². The van der Waals surface area contributed by atoms with Crippen LogP contribution in [-0.4, -0.2) is 16.1 Å². The van der Waals surface area contributed by atoms with Gasteiger partial charge in [-0.05, 0) is 30.7 Å². The van der Waals surface area contributed by atoms with Gasteiger partial charge in [-0.25, -0.2) is 4.98 Å². The van der Waals surface area contributed by atoms with Crippen molar-refractivity contribution in [2.75, 3.05) is 6.54 Å². The molecule has 1 fully saturated rings. The molecule has 90 valence electrons. The van der Waals surface area contributed by atoms with Crippen LogP contribution in [0.25, 0.3) is 0 Å². The molecule has 3 heteroatoms. The van der Waals surface area contributed by atoms with E-state index in [0.29, 0.717) is 5.41 Å². The van der Waals surface area contributed by atoms with Crippen LogP contribution in [0.4, 0.5) is 0 Å². The highest BCUT2D eigenvalue weighted by Crippen LogP contribution is 2.50. The molecule has 2 rings (SSSR count). The van der Waals surface area contributed by atoms with Crippen molar-refractivity contribution in [3.8, 4) is 0 Å². The zero-order valence-electron chi connectivity index (χ0n) is 10.7. The van der Waals surface area contributed by atoms with Crippen LogP contribution in [0.5, 0.6) is 0 Å². The maximum absolute atomic E-state index is 4.21. The highest BCUT2D eigenvalue weighted by molar-refractivity contribution is 5.00. The van der Waals surface area contributed by atoms with Gasteiger partial charge in [0.05, 0.1) is 12.0 Å². The van der Waals surface area contributed by atoms with Gasteiger partial charge in [-0.3, -0.25) is 0 Å². The van der Waals surface area contributed by atoms with Gasteiger partial charge in [-0.2, -0.15) is 0 Å². The Kier molecular flexibility index (Phi) is 3.33. The van der Waals surface area contributed by atoms with Crippen molar-refractivity contribution < 1.29 is 0 Å². The molecule has 0 radical (unpaired) electrons. The molecule has 1 aliphatic rings. The summed E-state index contributed by atoms with van der Waals surface area (Å²) < 4.78 is 2.24. The van der Waals surface area contributed by atoms with Gasteiger partial charge in [0.1, 0.15) is 0 Å². The molecule has 0 spiro atoms. The molecular weight excluding hydrogens is 198 g/mol. The fourth-order valence-corrected chi connectivity index (χ4v) is 2.24. The topological polar surface area (TPSA) is 29.9 Å². The second-order valence-corrected chi connectivity index (χ2v) is 5.60. The molecule has 0 aliphatic heterocycles. The van der Waals surface area contributed by atoms with Crippen molar-refractivity contribution in [3.63, 3.8) is 0 Å². The number of aryl methyl sites for hydroxylation is 1. The van der Waals surface area contributed by atoms with Crippen LogP contribution in [0, 0.1) is 11.3 Å². The average Bonchev–Trinajstić information content (AvgIpc) is 2.63. The van der Waals surface area contributed by atoms with E-state index in [1.807, 2.05) is 12.5 Å². The fraction of sp³-hybridized carbons (Fsp3) is 0.769. The first-order valence-corrected chi connectivity index (χ1v) is 6.33. The van der Waals surface area contributed by atoms with Gasteiger partial charge >= 0.3 is 0 Å². The van der Waals surface area contributed by atoms with E-state index in [0.717, 1.165) is 25.6 Å². The summed E-state index contributed by atoms with van der Waals surface area (Å²) in [6.07, 6.45) is 6.44. The van der Waals surface area contributed by atoms with Crippen LogP contribution < -0.4 is 5.32 Å². The minimum atomic E-state index is 0.580. The second-order valence-electron chi connectivity index (χ2n) is 5.60. The van der Waals surface area contributed by atoms with Crippen molar-refractivity contribution in [1.82, 2.24) is 14.9 Å². The number of nitrogens with zero attached hydrogens (tertiary/aromatic N) is 2. The Balaban J connectivity index is 1.75. The minimum absolute atomic E-state index is 0.580.